The highest BCUT2D eigenvalue weighted by Gasteiger charge is 2.13. The largest absolute Gasteiger partial charge is 0.289 e. The molecule has 3 nitrogen and oxygen atoms in total. The molecule has 0 bridgehead atoms. The Morgan fingerprint density at radius 3 is 2.18 bits per heavy atom. The number of hydrogen-bond acceptors (Lipinski definition) is 1. The minimum Gasteiger partial charge on any atom is -0.289 e. The topological polar surface area (TPSA) is 37.8 Å². The van der Waals surface area contributed by atoms with E-state index in [1.165, 1.54) is 0 Å². The zero-order chi connectivity index (χ0) is 12.6. The molecule has 2 aromatic rings. The third kappa shape index (κ3) is 2.27. The second-order valence-electron chi connectivity index (χ2n) is 4.03. The molecule has 0 unspecified atom stereocenters. The van der Waals surface area contributed by atoms with Crippen molar-refractivity contribution in [1.29, 1.82) is 0 Å². The second-order valence-corrected chi connectivity index (χ2v) is 4.03. The molecule has 17 heavy (non-hydrogen) atoms. The van der Waals surface area contributed by atoms with Crippen LogP contribution in [0.4, 0.5) is 8.78 Å². The first-order chi connectivity index (χ1) is 7.97. The molecule has 0 aliphatic heterocycles. The molecule has 1 heterocycles. The molecule has 0 amide bonds. The van der Waals surface area contributed by atoms with Crippen molar-refractivity contribution in [2.24, 2.45) is 0 Å². The molecule has 5 heteroatoms. The minimum atomic E-state index is -2.67. The Hall–Kier alpha value is -1.91. The predicted octanol–water partition coefficient (Wildman–Crippen LogP) is 2.72. The van der Waals surface area contributed by atoms with Crippen LogP contribution in [0.1, 0.15) is 23.2 Å². The Bertz CT molecular complexity index is 579. The molecule has 0 radical (unpaired) electrons. The predicted molar refractivity (Wildman–Crippen MR) is 60.8 cm³/mol. The summed E-state index contributed by atoms with van der Waals surface area (Å²) in [4.78, 5) is 11.6. The second kappa shape index (κ2) is 4.16. The van der Waals surface area contributed by atoms with E-state index in [9.17, 15) is 13.6 Å². The molecular weight excluding hydrogens is 226 g/mol. The van der Waals surface area contributed by atoms with Crippen LogP contribution in [0.15, 0.2) is 29.1 Å². The van der Waals surface area contributed by atoms with E-state index >= 15 is 0 Å². The summed E-state index contributed by atoms with van der Waals surface area (Å²) in [6.07, 6.45) is -2.67. The number of benzene rings is 1. The fourth-order valence-corrected chi connectivity index (χ4v) is 1.80. The van der Waals surface area contributed by atoms with Crippen LogP contribution in [-0.2, 0) is 0 Å². The number of hydrogen-bond donors (Lipinski definition) is 1. The number of rotatable bonds is 2. The van der Waals surface area contributed by atoms with Crippen molar-refractivity contribution in [3.63, 3.8) is 0 Å². The van der Waals surface area contributed by atoms with Gasteiger partial charge in [-0.2, -0.15) is 0 Å². The Balaban J connectivity index is 2.56. The number of halogens is 2. The third-order valence-corrected chi connectivity index (χ3v) is 2.44. The molecule has 1 aromatic heterocycles. The van der Waals surface area contributed by atoms with E-state index in [4.69, 9.17) is 0 Å². The number of aryl methyl sites for hydroxylation is 2. The zero-order valence-electron chi connectivity index (χ0n) is 9.50. The van der Waals surface area contributed by atoms with E-state index in [1.54, 1.807) is 12.1 Å². The first-order valence-electron chi connectivity index (χ1n) is 5.16. The summed E-state index contributed by atoms with van der Waals surface area (Å²) in [6.45, 7) is 3.77. The number of H-pyrrole nitrogens is 1. The van der Waals surface area contributed by atoms with Crippen molar-refractivity contribution >= 4 is 0 Å². The van der Waals surface area contributed by atoms with E-state index in [0.717, 1.165) is 21.9 Å². The Labute approximate surface area is 96.7 Å². The lowest BCUT2D eigenvalue weighted by Crippen LogP contribution is -2.13. The van der Waals surface area contributed by atoms with Crippen LogP contribution in [-0.4, -0.2) is 9.78 Å². The lowest BCUT2D eigenvalue weighted by molar-refractivity contribution is 0.145. The van der Waals surface area contributed by atoms with Crippen LogP contribution in [0.5, 0.6) is 0 Å². The lowest BCUT2D eigenvalue weighted by Gasteiger charge is -2.05. The maximum absolute atomic E-state index is 12.5. The van der Waals surface area contributed by atoms with E-state index in [2.05, 4.69) is 5.10 Å². The molecular formula is C12H12F2N2O. The van der Waals surface area contributed by atoms with Crippen molar-refractivity contribution in [1.82, 2.24) is 9.78 Å². The van der Waals surface area contributed by atoms with E-state index < -0.39 is 12.0 Å². The quantitative estimate of drug-likeness (QED) is 0.858. The summed E-state index contributed by atoms with van der Waals surface area (Å²) in [5, 5.41) is 2.41. The zero-order valence-corrected chi connectivity index (χ0v) is 9.50. The maximum Gasteiger partial charge on any atom is 0.279 e. The van der Waals surface area contributed by atoms with Crippen LogP contribution in [0.2, 0.25) is 0 Å². The van der Waals surface area contributed by atoms with Crippen LogP contribution in [0.25, 0.3) is 5.69 Å². The lowest BCUT2D eigenvalue weighted by atomic mass is 10.1. The third-order valence-electron chi connectivity index (χ3n) is 2.44. The highest BCUT2D eigenvalue weighted by atomic mass is 19.3. The standard InChI is InChI=1S/C12H12F2N2O/c1-7-3-8(2)5-9(4-7)16-11(17)6-10(15-16)12(13)14/h3-6,12,15H,1-2H3. The summed E-state index contributed by atoms with van der Waals surface area (Å²) in [6, 6.07) is 6.40. The summed E-state index contributed by atoms with van der Waals surface area (Å²) in [5.74, 6) is 0. The number of nitrogens with one attached hydrogen (secondary N) is 1. The molecule has 90 valence electrons. The van der Waals surface area contributed by atoms with Gasteiger partial charge in [0.2, 0.25) is 0 Å². The molecule has 2 rings (SSSR count). The van der Waals surface area contributed by atoms with Gasteiger partial charge in [-0.25, -0.2) is 13.5 Å². The molecule has 0 aliphatic rings. The summed E-state index contributed by atoms with van der Waals surface area (Å²) in [5.41, 5.74) is 1.67. The fourth-order valence-electron chi connectivity index (χ4n) is 1.80. The molecule has 1 aromatic carbocycles. The molecule has 1 N–H and O–H groups in total. The fraction of sp³-hybridized carbons (Fsp3) is 0.250. The molecule has 0 saturated carbocycles. The molecule has 0 fully saturated rings. The number of alkyl halides is 2. The first kappa shape index (κ1) is 11.6. The van der Waals surface area contributed by atoms with E-state index in [1.807, 2.05) is 19.9 Å². The molecule has 0 spiro atoms. The highest BCUT2D eigenvalue weighted by molar-refractivity contribution is 5.38. The van der Waals surface area contributed by atoms with Gasteiger partial charge in [0.15, 0.2) is 0 Å². The number of aromatic nitrogens is 2. The van der Waals surface area contributed by atoms with Crippen LogP contribution in [0.3, 0.4) is 0 Å². The smallest absolute Gasteiger partial charge is 0.279 e. The first-order valence-corrected chi connectivity index (χ1v) is 5.16. The van der Waals surface area contributed by atoms with Crippen LogP contribution < -0.4 is 5.56 Å². The van der Waals surface area contributed by atoms with Gasteiger partial charge in [0.25, 0.3) is 12.0 Å². The van der Waals surface area contributed by atoms with Crippen molar-refractivity contribution < 1.29 is 8.78 Å². The van der Waals surface area contributed by atoms with Crippen molar-refractivity contribution in [2.45, 2.75) is 20.3 Å². The van der Waals surface area contributed by atoms with Crippen molar-refractivity contribution in [3.05, 3.63) is 51.4 Å². The van der Waals surface area contributed by atoms with Gasteiger partial charge in [0.05, 0.1) is 5.69 Å². The van der Waals surface area contributed by atoms with Gasteiger partial charge >= 0.3 is 0 Å². The molecule has 0 saturated heterocycles. The summed E-state index contributed by atoms with van der Waals surface area (Å²) in [7, 11) is 0. The monoisotopic (exact) mass is 238 g/mol. The average molecular weight is 238 g/mol. The minimum absolute atomic E-state index is 0.367. The van der Waals surface area contributed by atoms with Gasteiger partial charge < -0.3 is 0 Å². The Morgan fingerprint density at radius 2 is 1.71 bits per heavy atom. The molecule has 0 atom stereocenters. The number of nitrogens with zero attached hydrogens (tertiary/aromatic N) is 1. The SMILES string of the molecule is Cc1cc(C)cc(-n2[nH]c(C(F)F)cc2=O)c1. The van der Waals surface area contributed by atoms with Crippen LogP contribution in [0, 0.1) is 13.8 Å². The normalized spacial score (nSPS) is 11.1. The van der Waals surface area contributed by atoms with Gasteiger partial charge in [-0.05, 0) is 37.1 Å². The van der Waals surface area contributed by atoms with E-state index in [-0.39, 0.29) is 5.69 Å². The van der Waals surface area contributed by atoms with Gasteiger partial charge in [-0.1, -0.05) is 6.07 Å². The average Bonchev–Trinajstić information content (AvgIpc) is 2.59. The number of aromatic amines is 1. The summed E-state index contributed by atoms with van der Waals surface area (Å²) < 4.78 is 26.0. The maximum atomic E-state index is 12.5. The highest BCUT2D eigenvalue weighted by Crippen LogP contribution is 2.16. The summed E-state index contributed by atoms with van der Waals surface area (Å²) >= 11 is 0. The van der Waals surface area contributed by atoms with Gasteiger partial charge in [0, 0.05) is 6.07 Å². The van der Waals surface area contributed by atoms with Gasteiger partial charge in [-0.3, -0.25) is 9.89 Å². The van der Waals surface area contributed by atoms with Gasteiger partial charge in [-0.15, -0.1) is 0 Å². The molecule has 0 aliphatic carbocycles. The van der Waals surface area contributed by atoms with Crippen molar-refractivity contribution in [3.8, 4) is 5.69 Å². The van der Waals surface area contributed by atoms with Crippen molar-refractivity contribution in [2.75, 3.05) is 0 Å². The Kier molecular flexibility index (Phi) is 2.83. The van der Waals surface area contributed by atoms with E-state index in [0.29, 0.717) is 5.69 Å². The van der Waals surface area contributed by atoms with Crippen LogP contribution >= 0.6 is 0 Å². The van der Waals surface area contributed by atoms with Gasteiger partial charge in [0.1, 0.15) is 5.69 Å². The Morgan fingerprint density at radius 1 is 1.12 bits per heavy atom.